The van der Waals surface area contributed by atoms with Crippen LogP contribution in [0.1, 0.15) is 11.1 Å². The van der Waals surface area contributed by atoms with Crippen LogP contribution in [-0.2, 0) is 0 Å². The molecule has 0 saturated heterocycles. The van der Waals surface area contributed by atoms with Gasteiger partial charge in [0.05, 0.1) is 12.7 Å². The lowest BCUT2D eigenvalue weighted by atomic mass is 10.2. The fourth-order valence-electron chi connectivity index (χ4n) is 1.72. The van der Waals surface area contributed by atoms with E-state index >= 15 is 0 Å². The van der Waals surface area contributed by atoms with Crippen molar-refractivity contribution >= 4 is 33.1 Å². The third-order valence-corrected chi connectivity index (χ3v) is 3.54. The summed E-state index contributed by atoms with van der Waals surface area (Å²) in [6.45, 7) is 1.97. The summed E-state index contributed by atoms with van der Waals surface area (Å²) in [5, 5.41) is 0. The average Bonchev–Trinajstić information content (AvgIpc) is 2.42. The van der Waals surface area contributed by atoms with E-state index < -0.39 is 0 Å². The first kappa shape index (κ1) is 14.8. The first-order valence-corrected chi connectivity index (χ1v) is 7.13. The summed E-state index contributed by atoms with van der Waals surface area (Å²) in [5.41, 5.74) is 7.43. The molecule has 3 nitrogen and oxygen atoms in total. The van der Waals surface area contributed by atoms with E-state index in [-0.39, 0.29) is 4.99 Å². The van der Waals surface area contributed by atoms with Gasteiger partial charge in [0.1, 0.15) is 22.2 Å². The van der Waals surface area contributed by atoms with Crippen LogP contribution < -0.4 is 15.2 Å². The number of aryl methyl sites for hydroxylation is 1. The highest BCUT2D eigenvalue weighted by atomic mass is 79.9. The van der Waals surface area contributed by atoms with Crippen molar-refractivity contribution in [1.82, 2.24) is 0 Å². The number of methoxy groups -OCH3 is 1. The molecule has 0 aliphatic carbocycles. The molecule has 0 heterocycles. The summed E-state index contributed by atoms with van der Waals surface area (Å²) >= 11 is 8.48. The van der Waals surface area contributed by atoms with Crippen LogP contribution in [0, 0.1) is 6.92 Å². The van der Waals surface area contributed by atoms with Crippen LogP contribution in [0.2, 0.25) is 0 Å². The Morgan fingerprint density at radius 2 is 1.90 bits per heavy atom. The normalized spacial score (nSPS) is 10.2. The van der Waals surface area contributed by atoms with Crippen molar-refractivity contribution in [1.29, 1.82) is 0 Å². The quantitative estimate of drug-likeness (QED) is 0.838. The second-order valence-corrected chi connectivity index (χ2v) is 5.59. The van der Waals surface area contributed by atoms with Gasteiger partial charge >= 0.3 is 0 Å². The van der Waals surface area contributed by atoms with Gasteiger partial charge in [0.15, 0.2) is 0 Å². The number of halogens is 1. The molecule has 0 saturated carbocycles. The van der Waals surface area contributed by atoms with Crippen LogP contribution in [0.15, 0.2) is 40.9 Å². The molecule has 20 heavy (non-hydrogen) atoms. The van der Waals surface area contributed by atoms with Gasteiger partial charge in [0.2, 0.25) is 0 Å². The monoisotopic (exact) mass is 351 g/mol. The number of nitrogens with two attached hydrogens (primary N) is 1. The molecule has 0 unspecified atom stereocenters. The lowest BCUT2D eigenvalue weighted by molar-refractivity contribution is 0.408. The summed E-state index contributed by atoms with van der Waals surface area (Å²) in [6.07, 6.45) is 0. The van der Waals surface area contributed by atoms with Crippen molar-refractivity contribution in [3.8, 4) is 17.2 Å². The van der Waals surface area contributed by atoms with E-state index in [1.54, 1.807) is 25.3 Å². The van der Waals surface area contributed by atoms with E-state index in [0.29, 0.717) is 17.1 Å². The van der Waals surface area contributed by atoms with Crippen molar-refractivity contribution in [2.75, 3.05) is 7.11 Å². The average molecular weight is 352 g/mol. The molecule has 0 amide bonds. The molecule has 2 aromatic rings. The fourth-order valence-corrected chi connectivity index (χ4v) is 2.23. The van der Waals surface area contributed by atoms with E-state index in [2.05, 4.69) is 15.9 Å². The van der Waals surface area contributed by atoms with Crippen molar-refractivity contribution in [3.05, 3.63) is 52.0 Å². The second-order valence-electron chi connectivity index (χ2n) is 4.24. The van der Waals surface area contributed by atoms with Gasteiger partial charge in [-0.2, -0.15) is 0 Å². The maximum atomic E-state index is 5.95. The molecule has 0 fully saturated rings. The third kappa shape index (κ3) is 3.29. The van der Waals surface area contributed by atoms with E-state index in [4.69, 9.17) is 27.4 Å². The van der Waals surface area contributed by atoms with Crippen molar-refractivity contribution in [2.24, 2.45) is 5.73 Å². The molecule has 2 aromatic carbocycles. The molecule has 0 bridgehead atoms. The predicted octanol–water partition coefficient (Wildman–Crippen LogP) is 4.19. The van der Waals surface area contributed by atoms with Gasteiger partial charge in [-0.1, -0.05) is 34.2 Å². The zero-order valence-corrected chi connectivity index (χ0v) is 13.5. The summed E-state index contributed by atoms with van der Waals surface area (Å²) in [5.74, 6) is 2.01. The Kier molecular flexibility index (Phi) is 4.62. The van der Waals surface area contributed by atoms with Gasteiger partial charge < -0.3 is 15.2 Å². The van der Waals surface area contributed by atoms with Crippen LogP contribution in [0.25, 0.3) is 0 Å². The third-order valence-electron chi connectivity index (χ3n) is 2.82. The van der Waals surface area contributed by atoms with Crippen LogP contribution in [0.4, 0.5) is 0 Å². The molecule has 0 aliphatic heterocycles. The van der Waals surface area contributed by atoms with Crippen LogP contribution in [0.5, 0.6) is 17.2 Å². The Labute approximate surface area is 131 Å². The summed E-state index contributed by atoms with van der Waals surface area (Å²) in [6, 6.07) is 11.2. The van der Waals surface area contributed by atoms with Crippen LogP contribution in [0.3, 0.4) is 0 Å². The van der Waals surface area contributed by atoms with Crippen molar-refractivity contribution < 1.29 is 9.47 Å². The molecular weight excluding hydrogens is 338 g/mol. The van der Waals surface area contributed by atoms with Gasteiger partial charge in [-0.15, -0.1) is 0 Å². The van der Waals surface area contributed by atoms with E-state index in [1.807, 2.05) is 25.1 Å². The van der Waals surface area contributed by atoms with Gasteiger partial charge in [-0.3, -0.25) is 0 Å². The minimum atomic E-state index is 0.287. The largest absolute Gasteiger partial charge is 0.497 e. The maximum Gasteiger partial charge on any atom is 0.141 e. The van der Waals surface area contributed by atoms with E-state index in [1.165, 1.54) is 0 Å². The zero-order chi connectivity index (χ0) is 14.7. The number of hydrogen-bond acceptors (Lipinski definition) is 3. The van der Waals surface area contributed by atoms with Crippen molar-refractivity contribution in [3.63, 3.8) is 0 Å². The summed E-state index contributed by atoms with van der Waals surface area (Å²) < 4.78 is 12.1. The Morgan fingerprint density at radius 1 is 1.15 bits per heavy atom. The number of hydrogen-bond donors (Lipinski definition) is 1. The molecule has 2 N–H and O–H groups in total. The second kappa shape index (κ2) is 6.24. The Morgan fingerprint density at radius 3 is 2.55 bits per heavy atom. The minimum Gasteiger partial charge on any atom is -0.497 e. The fraction of sp³-hybridized carbons (Fsp3) is 0.133. The van der Waals surface area contributed by atoms with Gasteiger partial charge in [0, 0.05) is 10.5 Å². The standard InChI is InChI=1S/C15H14BrNO2S/c1-9-3-4-10(16)7-13(9)19-14-8-11(18-2)5-6-12(14)15(17)20/h3-8H,1-2H3,(H2,17,20). The lowest BCUT2D eigenvalue weighted by Gasteiger charge is -2.13. The van der Waals surface area contributed by atoms with Gasteiger partial charge in [0.25, 0.3) is 0 Å². The molecule has 5 heteroatoms. The molecule has 104 valence electrons. The molecular formula is C15H14BrNO2S. The number of thiocarbonyl (C=S) groups is 1. The highest BCUT2D eigenvalue weighted by Gasteiger charge is 2.11. The highest BCUT2D eigenvalue weighted by Crippen LogP contribution is 2.32. The predicted molar refractivity (Wildman–Crippen MR) is 87.8 cm³/mol. The topological polar surface area (TPSA) is 44.5 Å². The first-order valence-electron chi connectivity index (χ1n) is 5.93. The number of rotatable bonds is 4. The minimum absolute atomic E-state index is 0.287. The van der Waals surface area contributed by atoms with Gasteiger partial charge in [-0.25, -0.2) is 0 Å². The molecule has 0 atom stereocenters. The smallest absolute Gasteiger partial charge is 0.141 e. The molecule has 0 spiro atoms. The van der Waals surface area contributed by atoms with Crippen molar-refractivity contribution in [2.45, 2.75) is 6.92 Å². The van der Waals surface area contributed by atoms with E-state index in [9.17, 15) is 0 Å². The number of benzene rings is 2. The first-order chi connectivity index (χ1) is 9.51. The SMILES string of the molecule is COc1ccc(C(N)=S)c(Oc2cc(Br)ccc2C)c1. The summed E-state index contributed by atoms with van der Waals surface area (Å²) in [7, 11) is 1.60. The lowest BCUT2D eigenvalue weighted by Crippen LogP contribution is -2.11. The zero-order valence-electron chi connectivity index (χ0n) is 11.1. The molecule has 0 radical (unpaired) electrons. The summed E-state index contributed by atoms with van der Waals surface area (Å²) in [4.78, 5) is 0.287. The Balaban J connectivity index is 2.45. The Hall–Kier alpha value is -1.59. The van der Waals surface area contributed by atoms with Gasteiger partial charge in [-0.05, 0) is 36.8 Å². The molecule has 2 rings (SSSR count). The van der Waals surface area contributed by atoms with Crippen LogP contribution in [-0.4, -0.2) is 12.1 Å². The van der Waals surface area contributed by atoms with E-state index in [0.717, 1.165) is 15.8 Å². The molecule has 0 aliphatic rings. The highest BCUT2D eigenvalue weighted by molar-refractivity contribution is 9.10. The Bertz CT molecular complexity index is 658. The number of ether oxygens (including phenoxy) is 2. The molecule has 0 aromatic heterocycles. The maximum absolute atomic E-state index is 5.95. The van der Waals surface area contributed by atoms with Crippen LogP contribution >= 0.6 is 28.1 Å².